The lowest BCUT2D eigenvalue weighted by Crippen LogP contribution is -2.32. The highest BCUT2D eigenvalue weighted by Gasteiger charge is 2.33. The first kappa shape index (κ1) is 21.9. The molecule has 0 radical (unpaired) electrons. The quantitative estimate of drug-likeness (QED) is 0.444. The maximum atomic E-state index is 13.1. The van der Waals surface area contributed by atoms with Crippen LogP contribution < -0.4 is 4.74 Å². The predicted molar refractivity (Wildman–Crippen MR) is 131 cm³/mol. The average molecular weight is 445 g/mol. The second-order valence-corrected chi connectivity index (χ2v) is 8.15. The molecule has 0 N–H and O–H groups in total. The van der Waals surface area contributed by atoms with Crippen LogP contribution in [-0.4, -0.2) is 43.3 Å². The van der Waals surface area contributed by atoms with Crippen molar-refractivity contribution in [2.75, 3.05) is 27.4 Å². The van der Waals surface area contributed by atoms with Crippen LogP contribution in [0.5, 0.6) is 5.75 Å². The molecule has 5 nitrogen and oxygen atoms in total. The second kappa shape index (κ2) is 10.3. The van der Waals surface area contributed by atoms with Gasteiger partial charge in [0.25, 0.3) is 5.91 Å². The largest absolute Gasteiger partial charge is 0.497 e. The van der Waals surface area contributed by atoms with E-state index in [4.69, 9.17) is 14.5 Å². The molecule has 32 heavy (non-hydrogen) atoms. The Hall–Kier alpha value is -3.35. The molecule has 0 bridgehead atoms. The summed E-state index contributed by atoms with van der Waals surface area (Å²) in [4.78, 5) is 20.1. The minimum Gasteiger partial charge on any atom is -0.497 e. The molecule has 4 rings (SSSR count). The Kier molecular flexibility index (Phi) is 7.04. The zero-order valence-corrected chi connectivity index (χ0v) is 18.8. The highest BCUT2D eigenvalue weighted by Crippen LogP contribution is 2.34. The van der Waals surface area contributed by atoms with Crippen molar-refractivity contribution >= 4 is 34.6 Å². The molecular formula is C26H24N2O3S. The highest BCUT2D eigenvalue weighted by atomic mass is 32.2. The standard InChI is InChI=1S/C26H24N2O3S/c1-30-17-16-28-25(29)24(32-26(28)27-22-12-14-23(31-2)15-13-22)18-19-8-10-21(11-9-19)20-6-4-3-5-7-20/h3-15,18H,16-17H2,1-2H3/b24-18-,27-26?. The number of nitrogens with zero attached hydrogens (tertiary/aromatic N) is 2. The first-order valence-electron chi connectivity index (χ1n) is 10.3. The Bertz CT molecular complexity index is 1120. The van der Waals surface area contributed by atoms with E-state index in [0.29, 0.717) is 23.2 Å². The molecule has 0 unspecified atom stereocenters. The molecule has 1 fully saturated rings. The number of hydrogen-bond acceptors (Lipinski definition) is 5. The molecule has 1 heterocycles. The van der Waals surface area contributed by atoms with Gasteiger partial charge in [-0.2, -0.15) is 0 Å². The SMILES string of the molecule is COCCN1C(=O)/C(=C/c2ccc(-c3ccccc3)cc2)SC1=Nc1ccc(OC)cc1. The van der Waals surface area contributed by atoms with Crippen LogP contribution in [0.15, 0.2) is 88.8 Å². The van der Waals surface area contributed by atoms with Gasteiger partial charge < -0.3 is 9.47 Å². The fraction of sp³-hybridized carbons (Fsp3) is 0.154. The average Bonchev–Trinajstić information content (AvgIpc) is 3.12. The number of amidine groups is 1. The zero-order chi connectivity index (χ0) is 22.3. The molecule has 0 atom stereocenters. The number of carbonyl (C=O) groups excluding carboxylic acids is 1. The third-order valence-corrected chi connectivity index (χ3v) is 6.03. The number of carbonyl (C=O) groups is 1. The van der Waals surface area contributed by atoms with Crippen LogP contribution in [0.2, 0.25) is 0 Å². The molecule has 1 saturated heterocycles. The molecule has 3 aromatic carbocycles. The number of methoxy groups -OCH3 is 2. The predicted octanol–water partition coefficient (Wildman–Crippen LogP) is 5.61. The first-order valence-corrected chi connectivity index (χ1v) is 11.1. The normalized spacial score (nSPS) is 16.2. The molecule has 0 saturated carbocycles. The van der Waals surface area contributed by atoms with E-state index >= 15 is 0 Å². The van der Waals surface area contributed by atoms with Gasteiger partial charge in [-0.05, 0) is 58.8 Å². The van der Waals surface area contributed by atoms with Gasteiger partial charge in [0.1, 0.15) is 5.75 Å². The third-order valence-electron chi connectivity index (χ3n) is 5.02. The van der Waals surface area contributed by atoms with Crippen molar-refractivity contribution in [1.82, 2.24) is 4.90 Å². The lowest BCUT2D eigenvalue weighted by Gasteiger charge is -2.14. The Morgan fingerprint density at radius 2 is 1.59 bits per heavy atom. The van der Waals surface area contributed by atoms with Gasteiger partial charge in [0.05, 0.1) is 30.9 Å². The van der Waals surface area contributed by atoms with Crippen LogP contribution >= 0.6 is 11.8 Å². The van der Waals surface area contributed by atoms with E-state index in [0.717, 1.165) is 28.1 Å². The zero-order valence-electron chi connectivity index (χ0n) is 18.0. The van der Waals surface area contributed by atoms with E-state index in [1.54, 1.807) is 19.1 Å². The van der Waals surface area contributed by atoms with Gasteiger partial charge in [-0.3, -0.25) is 9.69 Å². The lowest BCUT2D eigenvalue weighted by atomic mass is 10.0. The summed E-state index contributed by atoms with van der Waals surface area (Å²) in [6.45, 7) is 0.884. The number of aliphatic imine (C=N–C) groups is 1. The Morgan fingerprint density at radius 3 is 2.25 bits per heavy atom. The van der Waals surface area contributed by atoms with Gasteiger partial charge in [0, 0.05) is 7.11 Å². The number of rotatable bonds is 7. The topological polar surface area (TPSA) is 51.1 Å². The third kappa shape index (κ3) is 5.10. The fourth-order valence-corrected chi connectivity index (χ4v) is 4.32. The summed E-state index contributed by atoms with van der Waals surface area (Å²) in [5.41, 5.74) is 4.04. The van der Waals surface area contributed by atoms with Crippen LogP contribution in [0.4, 0.5) is 5.69 Å². The number of thioether (sulfide) groups is 1. The Balaban J connectivity index is 1.59. The minimum atomic E-state index is -0.0635. The van der Waals surface area contributed by atoms with E-state index in [-0.39, 0.29) is 5.91 Å². The monoisotopic (exact) mass is 444 g/mol. The highest BCUT2D eigenvalue weighted by molar-refractivity contribution is 8.18. The van der Waals surface area contributed by atoms with Gasteiger partial charge in [0.15, 0.2) is 5.17 Å². The van der Waals surface area contributed by atoms with Crippen LogP contribution in [0, 0.1) is 0 Å². The summed E-state index contributed by atoms with van der Waals surface area (Å²) >= 11 is 1.38. The lowest BCUT2D eigenvalue weighted by molar-refractivity contribution is -0.122. The molecular weight excluding hydrogens is 420 g/mol. The summed E-state index contributed by atoms with van der Waals surface area (Å²) in [6, 6.07) is 25.9. The van der Waals surface area contributed by atoms with Crippen molar-refractivity contribution in [3.05, 3.63) is 89.3 Å². The summed E-state index contributed by atoms with van der Waals surface area (Å²) in [5, 5.41) is 0.643. The number of benzene rings is 3. The molecule has 1 amide bonds. The molecule has 3 aromatic rings. The van der Waals surface area contributed by atoms with Gasteiger partial charge in [0.2, 0.25) is 0 Å². The molecule has 1 aliphatic rings. The first-order chi connectivity index (χ1) is 15.7. The van der Waals surface area contributed by atoms with E-state index < -0.39 is 0 Å². The van der Waals surface area contributed by atoms with Crippen LogP contribution in [-0.2, 0) is 9.53 Å². The van der Waals surface area contributed by atoms with Gasteiger partial charge in [-0.15, -0.1) is 0 Å². The number of ether oxygens (including phenoxy) is 2. The van der Waals surface area contributed by atoms with Crippen molar-refractivity contribution in [3.8, 4) is 16.9 Å². The van der Waals surface area contributed by atoms with Crippen molar-refractivity contribution in [3.63, 3.8) is 0 Å². The van der Waals surface area contributed by atoms with E-state index in [2.05, 4.69) is 24.3 Å². The maximum absolute atomic E-state index is 13.1. The van der Waals surface area contributed by atoms with Crippen LogP contribution in [0.25, 0.3) is 17.2 Å². The van der Waals surface area contributed by atoms with Gasteiger partial charge >= 0.3 is 0 Å². The Morgan fingerprint density at radius 1 is 0.906 bits per heavy atom. The van der Waals surface area contributed by atoms with E-state index in [1.165, 1.54) is 11.8 Å². The number of amides is 1. The van der Waals surface area contributed by atoms with Crippen molar-refractivity contribution < 1.29 is 14.3 Å². The minimum absolute atomic E-state index is 0.0635. The summed E-state index contributed by atoms with van der Waals surface area (Å²) < 4.78 is 10.4. The smallest absolute Gasteiger partial charge is 0.266 e. The fourth-order valence-electron chi connectivity index (χ4n) is 3.29. The summed E-state index contributed by atoms with van der Waals surface area (Å²) in [7, 11) is 3.25. The molecule has 1 aliphatic heterocycles. The Labute approximate surface area is 192 Å². The van der Waals surface area contributed by atoms with Crippen LogP contribution in [0.1, 0.15) is 5.56 Å². The summed E-state index contributed by atoms with van der Waals surface area (Å²) in [6.07, 6.45) is 1.91. The number of hydrogen-bond donors (Lipinski definition) is 0. The van der Waals surface area contributed by atoms with Crippen LogP contribution in [0.3, 0.4) is 0 Å². The van der Waals surface area contributed by atoms with E-state index in [1.807, 2.05) is 60.7 Å². The second-order valence-electron chi connectivity index (χ2n) is 7.14. The molecule has 0 aliphatic carbocycles. The molecule has 0 spiro atoms. The van der Waals surface area contributed by atoms with Gasteiger partial charge in [-0.25, -0.2) is 4.99 Å². The van der Waals surface area contributed by atoms with E-state index in [9.17, 15) is 4.79 Å². The van der Waals surface area contributed by atoms with Crippen molar-refractivity contribution in [2.24, 2.45) is 4.99 Å². The van der Waals surface area contributed by atoms with Crippen molar-refractivity contribution in [1.29, 1.82) is 0 Å². The molecule has 6 heteroatoms. The maximum Gasteiger partial charge on any atom is 0.266 e. The van der Waals surface area contributed by atoms with Crippen molar-refractivity contribution in [2.45, 2.75) is 0 Å². The summed E-state index contributed by atoms with van der Waals surface area (Å²) in [5.74, 6) is 0.700. The molecule has 162 valence electrons. The van der Waals surface area contributed by atoms with Gasteiger partial charge in [-0.1, -0.05) is 54.6 Å². The molecule has 0 aromatic heterocycles.